The molecule has 0 saturated heterocycles. The number of thiophene rings is 1. The van der Waals surface area contributed by atoms with E-state index in [1.54, 1.807) is 17.8 Å². The van der Waals surface area contributed by atoms with Crippen molar-refractivity contribution >= 4 is 34.0 Å². The summed E-state index contributed by atoms with van der Waals surface area (Å²) in [6.07, 6.45) is 2.70. The molecule has 28 heavy (non-hydrogen) atoms. The SMILES string of the molecule is CCOC(=O)c1cnc2c(c(C)nn2C)c1NCCN1CCc2sccc2C1. The first kappa shape index (κ1) is 18.9. The molecule has 1 aliphatic heterocycles. The Balaban J connectivity index is 1.55. The number of aryl methyl sites for hydroxylation is 2. The minimum atomic E-state index is -0.358. The molecule has 8 heteroatoms. The normalized spacial score (nSPS) is 14.2. The Morgan fingerprint density at radius 2 is 2.29 bits per heavy atom. The highest BCUT2D eigenvalue weighted by atomic mass is 32.1. The number of ether oxygens (including phenoxy) is 1. The molecule has 0 atom stereocenters. The van der Waals surface area contributed by atoms with E-state index in [0.29, 0.717) is 12.2 Å². The van der Waals surface area contributed by atoms with Gasteiger partial charge in [0, 0.05) is 44.3 Å². The van der Waals surface area contributed by atoms with E-state index in [0.717, 1.165) is 55.0 Å². The Labute approximate surface area is 168 Å². The van der Waals surface area contributed by atoms with Crippen LogP contribution in [0.4, 0.5) is 5.69 Å². The maximum atomic E-state index is 12.5. The van der Waals surface area contributed by atoms with Crippen LogP contribution >= 0.6 is 11.3 Å². The Hall–Kier alpha value is -2.45. The number of pyridine rings is 1. The number of fused-ring (bicyclic) bond motifs is 2. The molecule has 0 saturated carbocycles. The first-order chi connectivity index (χ1) is 13.6. The predicted octanol–water partition coefficient (Wildman–Crippen LogP) is 2.99. The van der Waals surface area contributed by atoms with Gasteiger partial charge in [-0.05, 0) is 37.3 Å². The molecule has 3 aromatic heterocycles. The fraction of sp³-hybridized carbons (Fsp3) is 0.450. The van der Waals surface area contributed by atoms with Crippen LogP contribution in [0.2, 0.25) is 0 Å². The average Bonchev–Trinajstić information content (AvgIpc) is 3.26. The van der Waals surface area contributed by atoms with Crippen molar-refractivity contribution in [3.8, 4) is 0 Å². The predicted molar refractivity (Wildman–Crippen MR) is 111 cm³/mol. The Kier molecular flexibility index (Phi) is 5.32. The number of aromatic nitrogens is 3. The van der Waals surface area contributed by atoms with Crippen molar-refractivity contribution < 1.29 is 9.53 Å². The summed E-state index contributed by atoms with van der Waals surface area (Å²) < 4.78 is 6.98. The molecule has 0 aromatic carbocycles. The van der Waals surface area contributed by atoms with Crippen molar-refractivity contribution in [1.82, 2.24) is 19.7 Å². The standard InChI is InChI=1S/C20H25N5O2S/c1-4-27-20(26)15-11-22-19-17(13(2)23-24(19)3)18(15)21-7-9-25-8-5-16-14(12-25)6-10-28-16/h6,10-11H,4-5,7-9,12H2,1-3H3,(H,21,22). The molecule has 0 amide bonds. The molecule has 3 aromatic rings. The Bertz CT molecular complexity index is 1010. The molecular weight excluding hydrogens is 374 g/mol. The summed E-state index contributed by atoms with van der Waals surface area (Å²) >= 11 is 1.85. The highest BCUT2D eigenvalue weighted by molar-refractivity contribution is 7.10. The Morgan fingerprint density at radius 1 is 1.43 bits per heavy atom. The number of nitrogens with zero attached hydrogens (tertiary/aromatic N) is 4. The van der Waals surface area contributed by atoms with Gasteiger partial charge in [-0.1, -0.05) is 0 Å². The van der Waals surface area contributed by atoms with Crippen LogP contribution in [-0.2, 0) is 24.8 Å². The number of carbonyl (C=O) groups is 1. The molecule has 0 unspecified atom stereocenters. The summed E-state index contributed by atoms with van der Waals surface area (Å²) in [4.78, 5) is 20.8. The number of rotatable bonds is 6. The van der Waals surface area contributed by atoms with Crippen molar-refractivity contribution in [2.75, 3.05) is 31.6 Å². The van der Waals surface area contributed by atoms with Crippen LogP contribution in [0.25, 0.3) is 11.0 Å². The van der Waals surface area contributed by atoms with Gasteiger partial charge >= 0.3 is 5.97 Å². The molecule has 0 bridgehead atoms. The van der Waals surface area contributed by atoms with Gasteiger partial charge in [0.25, 0.3) is 0 Å². The summed E-state index contributed by atoms with van der Waals surface area (Å²) in [5.74, 6) is -0.358. The van der Waals surface area contributed by atoms with Gasteiger partial charge in [0.15, 0.2) is 5.65 Å². The zero-order chi connectivity index (χ0) is 19.7. The van der Waals surface area contributed by atoms with Crippen LogP contribution in [0, 0.1) is 6.92 Å². The summed E-state index contributed by atoms with van der Waals surface area (Å²) in [6.45, 7) is 7.77. The molecule has 7 nitrogen and oxygen atoms in total. The van der Waals surface area contributed by atoms with E-state index in [2.05, 4.69) is 31.7 Å². The second kappa shape index (κ2) is 7.89. The second-order valence-electron chi connectivity index (χ2n) is 7.00. The zero-order valence-corrected chi connectivity index (χ0v) is 17.3. The van der Waals surface area contributed by atoms with Crippen LogP contribution in [0.15, 0.2) is 17.6 Å². The molecule has 148 valence electrons. The van der Waals surface area contributed by atoms with Gasteiger partial charge in [0.2, 0.25) is 0 Å². The summed E-state index contributed by atoms with van der Waals surface area (Å²) in [5, 5.41) is 11.0. The number of hydrogen-bond acceptors (Lipinski definition) is 7. The first-order valence-electron chi connectivity index (χ1n) is 9.59. The van der Waals surface area contributed by atoms with E-state index < -0.39 is 0 Å². The molecule has 1 N–H and O–H groups in total. The first-order valence-corrected chi connectivity index (χ1v) is 10.5. The summed E-state index contributed by atoms with van der Waals surface area (Å²) in [6, 6.07) is 2.23. The van der Waals surface area contributed by atoms with Crippen molar-refractivity contribution in [2.24, 2.45) is 7.05 Å². The van der Waals surface area contributed by atoms with E-state index in [-0.39, 0.29) is 5.97 Å². The molecule has 0 aliphatic carbocycles. The fourth-order valence-corrected chi connectivity index (χ4v) is 4.69. The molecular formula is C20H25N5O2S. The minimum Gasteiger partial charge on any atom is -0.462 e. The van der Waals surface area contributed by atoms with Gasteiger partial charge in [-0.3, -0.25) is 9.58 Å². The quantitative estimate of drug-likeness (QED) is 0.643. The van der Waals surface area contributed by atoms with Crippen molar-refractivity contribution in [3.05, 3.63) is 39.3 Å². The van der Waals surface area contributed by atoms with Crippen molar-refractivity contribution in [3.63, 3.8) is 0 Å². The largest absolute Gasteiger partial charge is 0.462 e. The topological polar surface area (TPSA) is 72.3 Å². The molecule has 4 rings (SSSR count). The molecule has 4 heterocycles. The van der Waals surface area contributed by atoms with Crippen LogP contribution in [0.3, 0.4) is 0 Å². The van der Waals surface area contributed by atoms with E-state index >= 15 is 0 Å². The average molecular weight is 400 g/mol. The smallest absolute Gasteiger partial charge is 0.341 e. The maximum Gasteiger partial charge on any atom is 0.341 e. The molecule has 0 radical (unpaired) electrons. The number of hydrogen-bond donors (Lipinski definition) is 1. The van der Waals surface area contributed by atoms with Gasteiger partial charge in [-0.15, -0.1) is 11.3 Å². The number of anilines is 1. The number of esters is 1. The van der Waals surface area contributed by atoms with Gasteiger partial charge in [-0.2, -0.15) is 5.10 Å². The van der Waals surface area contributed by atoms with Crippen LogP contribution in [0.1, 0.15) is 33.4 Å². The van der Waals surface area contributed by atoms with Gasteiger partial charge < -0.3 is 10.1 Å². The van der Waals surface area contributed by atoms with E-state index in [9.17, 15) is 4.79 Å². The van der Waals surface area contributed by atoms with E-state index in [4.69, 9.17) is 4.74 Å². The lowest BCUT2D eigenvalue weighted by atomic mass is 10.1. The van der Waals surface area contributed by atoms with E-state index in [1.165, 1.54) is 10.4 Å². The highest BCUT2D eigenvalue weighted by Crippen LogP contribution is 2.29. The second-order valence-corrected chi connectivity index (χ2v) is 8.00. The number of nitrogens with one attached hydrogen (secondary N) is 1. The maximum absolute atomic E-state index is 12.5. The molecule has 0 fully saturated rings. The van der Waals surface area contributed by atoms with Gasteiger partial charge in [0.1, 0.15) is 5.56 Å². The van der Waals surface area contributed by atoms with Crippen molar-refractivity contribution in [1.29, 1.82) is 0 Å². The van der Waals surface area contributed by atoms with Crippen LogP contribution in [0.5, 0.6) is 0 Å². The lowest BCUT2D eigenvalue weighted by molar-refractivity contribution is 0.0527. The third kappa shape index (κ3) is 3.49. The zero-order valence-electron chi connectivity index (χ0n) is 16.5. The molecule has 1 aliphatic rings. The minimum absolute atomic E-state index is 0.332. The number of carbonyl (C=O) groups excluding carboxylic acids is 1. The lowest BCUT2D eigenvalue weighted by Crippen LogP contribution is -2.33. The van der Waals surface area contributed by atoms with Crippen molar-refractivity contribution in [2.45, 2.75) is 26.8 Å². The lowest BCUT2D eigenvalue weighted by Gasteiger charge is -2.27. The fourth-order valence-electron chi connectivity index (χ4n) is 3.80. The Morgan fingerprint density at radius 3 is 3.11 bits per heavy atom. The van der Waals surface area contributed by atoms with E-state index in [1.807, 2.05) is 25.3 Å². The molecule has 0 spiro atoms. The summed E-state index contributed by atoms with van der Waals surface area (Å²) in [7, 11) is 1.86. The monoisotopic (exact) mass is 399 g/mol. The van der Waals surface area contributed by atoms with Gasteiger partial charge in [0.05, 0.1) is 23.4 Å². The third-order valence-corrected chi connectivity index (χ3v) is 6.16. The highest BCUT2D eigenvalue weighted by Gasteiger charge is 2.21. The van der Waals surface area contributed by atoms with Crippen LogP contribution < -0.4 is 5.32 Å². The third-order valence-electron chi connectivity index (χ3n) is 5.14. The van der Waals surface area contributed by atoms with Gasteiger partial charge in [-0.25, -0.2) is 9.78 Å². The summed E-state index contributed by atoms with van der Waals surface area (Å²) in [5.41, 5.74) is 4.28. The van der Waals surface area contributed by atoms with Crippen LogP contribution in [-0.4, -0.2) is 51.9 Å².